The van der Waals surface area contributed by atoms with E-state index in [4.69, 9.17) is 15.2 Å². The van der Waals surface area contributed by atoms with Gasteiger partial charge in [0.05, 0.1) is 11.3 Å². The van der Waals surface area contributed by atoms with Gasteiger partial charge in [-0.3, -0.25) is 14.6 Å². The van der Waals surface area contributed by atoms with Gasteiger partial charge in [0.2, 0.25) is 0 Å². The van der Waals surface area contributed by atoms with Crippen LogP contribution in [0.25, 0.3) is 0 Å². The van der Waals surface area contributed by atoms with Gasteiger partial charge in [-0.2, -0.15) is 0 Å². The number of likely N-dealkylation sites (tertiary alicyclic amines) is 1. The minimum absolute atomic E-state index is 0.122. The summed E-state index contributed by atoms with van der Waals surface area (Å²) in [5, 5.41) is 2.66. The molecule has 0 atom stereocenters. The first-order valence-corrected chi connectivity index (χ1v) is 10.4. The Morgan fingerprint density at radius 1 is 1.12 bits per heavy atom. The van der Waals surface area contributed by atoms with Crippen molar-refractivity contribution < 1.29 is 23.9 Å². The van der Waals surface area contributed by atoms with Crippen molar-refractivity contribution in [1.29, 1.82) is 0 Å². The number of primary amides is 1. The molecule has 0 unspecified atom stereocenters. The van der Waals surface area contributed by atoms with Crippen molar-refractivity contribution in [1.82, 2.24) is 9.88 Å². The van der Waals surface area contributed by atoms with Crippen molar-refractivity contribution in [2.24, 2.45) is 5.73 Å². The third-order valence-electron chi connectivity index (χ3n) is 4.80. The Morgan fingerprint density at radius 2 is 1.84 bits per heavy atom. The van der Waals surface area contributed by atoms with Crippen molar-refractivity contribution >= 4 is 23.6 Å². The molecule has 1 aromatic heterocycles. The number of pyridine rings is 1. The minimum Gasteiger partial charge on any atom is -0.490 e. The molecule has 2 aromatic rings. The normalized spacial score (nSPS) is 14.5. The zero-order valence-corrected chi connectivity index (χ0v) is 18.5. The second-order valence-corrected chi connectivity index (χ2v) is 8.53. The Kier molecular flexibility index (Phi) is 6.97. The molecule has 2 heterocycles. The highest BCUT2D eigenvalue weighted by Gasteiger charge is 2.28. The molecule has 32 heavy (non-hydrogen) atoms. The van der Waals surface area contributed by atoms with Crippen LogP contribution in [-0.2, 0) is 4.74 Å². The van der Waals surface area contributed by atoms with Crippen LogP contribution in [0.1, 0.15) is 54.5 Å². The summed E-state index contributed by atoms with van der Waals surface area (Å²) in [4.78, 5) is 42.2. The maximum absolute atomic E-state index is 12.4. The smallest absolute Gasteiger partial charge is 0.410 e. The van der Waals surface area contributed by atoms with Crippen LogP contribution in [0, 0.1) is 0 Å². The standard InChI is InChI=1S/C23H28N4O5/c1-23(2,3)32-22(30)27-12-9-15(10-13-27)31-16-7-8-18(17(14-16)20(24)28)26-21(29)19-6-4-5-11-25-19/h4-8,11,14-15H,9-10,12-13H2,1-3H3,(H2,24,28)(H,26,29). The second kappa shape index (κ2) is 9.67. The van der Waals surface area contributed by atoms with Gasteiger partial charge in [-0.15, -0.1) is 0 Å². The van der Waals surface area contributed by atoms with E-state index in [0.717, 1.165) is 0 Å². The Morgan fingerprint density at radius 3 is 2.44 bits per heavy atom. The monoisotopic (exact) mass is 440 g/mol. The van der Waals surface area contributed by atoms with E-state index in [-0.39, 0.29) is 29.1 Å². The Hall–Kier alpha value is -3.62. The summed E-state index contributed by atoms with van der Waals surface area (Å²) in [6.45, 7) is 6.53. The van der Waals surface area contributed by atoms with Gasteiger partial charge >= 0.3 is 6.09 Å². The SMILES string of the molecule is CC(C)(C)OC(=O)N1CCC(Oc2ccc(NC(=O)c3ccccn3)c(C(N)=O)c2)CC1. The Labute approximate surface area is 186 Å². The van der Waals surface area contributed by atoms with Gasteiger partial charge < -0.3 is 25.4 Å². The van der Waals surface area contributed by atoms with E-state index in [2.05, 4.69) is 10.3 Å². The first kappa shape index (κ1) is 23.1. The van der Waals surface area contributed by atoms with E-state index >= 15 is 0 Å². The van der Waals surface area contributed by atoms with Crippen molar-refractivity contribution in [2.75, 3.05) is 18.4 Å². The molecule has 0 saturated carbocycles. The van der Waals surface area contributed by atoms with E-state index in [9.17, 15) is 14.4 Å². The highest BCUT2D eigenvalue weighted by Crippen LogP contribution is 2.26. The summed E-state index contributed by atoms with van der Waals surface area (Å²) >= 11 is 0. The van der Waals surface area contributed by atoms with Crippen LogP contribution in [0.5, 0.6) is 5.75 Å². The van der Waals surface area contributed by atoms with Crippen LogP contribution in [0.3, 0.4) is 0 Å². The molecule has 1 aromatic carbocycles. The van der Waals surface area contributed by atoms with Gasteiger partial charge in [0.15, 0.2) is 0 Å². The number of nitrogens with two attached hydrogens (primary N) is 1. The van der Waals surface area contributed by atoms with Crippen LogP contribution in [-0.4, -0.2) is 52.6 Å². The number of nitrogens with one attached hydrogen (secondary N) is 1. The molecule has 9 nitrogen and oxygen atoms in total. The summed E-state index contributed by atoms with van der Waals surface area (Å²) in [5.74, 6) is -0.673. The number of benzene rings is 1. The van der Waals surface area contributed by atoms with Crippen LogP contribution in [0.4, 0.5) is 10.5 Å². The first-order valence-electron chi connectivity index (χ1n) is 10.4. The van der Waals surface area contributed by atoms with Gasteiger partial charge in [-0.25, -0.2) is 4.79 Å². The molecule has 0 bridgehead atoms. The molecule has 3 rings (SSSR count). The minimum atomic E-state index is -0.688. The number of rotatable bonds is 5. The fraction of sp³-hybridized carbons (Fsp3) is 0.391. The molecule has 0 radical (unpaired) electrons. The van der Waals surface area contributed by atoms with Gasteiger partial charge in [0.1, 0.15) is 23.1 Å². The summed E-state index contributed by atoms with van der Waals surface area (Å²) < 4.78 is 11.4. The van der Waals surface area contributed by atoms with E-state index < -0.39 is 17.4 Å². The molecule has 1 aliphatic rings. The first-order chi connectivity index (χ1) is 15.1. The van der Waals surface area contributed by atoms with Gasteiger partial charge in [-0.1, -0.05) is 6.07 Å². The molecule has 3 amide bonds. The molecule has 3 N–H and O–H groups in total. The summed E-state index contributed by atoms with van der Waals surface area (Å²) in [6.07, 6.45) is 2.31. The highest BCUT2D eigenvalue weighted by atomic mass is 16.6. The maximum Gasteiger partial charge on any atom is 0.410 e. The molecule has 9 heteroatoms. The lowest BCUT2D eigenvalue weighted by Crippen LogP contribution is -2.44. The van der Waals surface area contributed by atoms with Crippen molar-refractivity contribution in [2.45, 2.75) is 45.3 Å². The van der Waals surface area contributed by atoms with E-state index in [1.807, 2.05) is 20.8 Å². The molecule has 0 spiro atoms. The Bertz CT molecular complexity index is 980. The number of aromatic nitrogens is 1. The Balaban J connectivity index is 1.62. The second-order valence-electron chi connectivity index (χ2n) is 8.53. The predicted octanol–water partition coefficient (Wildman–Crippen LogP) is 3.21. The van der Waals surface area contributed by atoms with E-state index in [1.165, 1.54) is 12.3 Å². The number of piperidine rings is 1. The molecule has 170 valence electrons. The number of ether oxygens (including phenoxy) is 2. The van der Waals surface area contributed by atoms with Gasteiger partial charge in [0, 0.05) is 32.1 Å². The molecular weight excluding hydrogens is 412 g/mol. The fourth-order valence-electron chi connectivity index (χ4n) is 3.27. The van der Waals surface area contributed by atoms with Crippen LogP contribution < -0.4 is 15.8 Å². The summed E-state index contributed by atoms with van der Waals surface area (Å²) in [7, 11) is 0. The molecule has 1 saturated heterocycles. The number of carbonyl (C=O) groups is 3. The average molecular weight is 441 g/mol. The molecule has 1 fully saturated rings. The lowest BCUT2D eigenvalue weighted by atomic mass is 10.1. The van der Waals surface area contributed by atoms with Crippen LogP contribution in [0.2, 0.25) is 0 Å². The molecular formula is C23H28N4O5. The number of amides is 3. The predicted molar refractivity (Wildman–Crippen MR) is 119 cm³/mol. The van der Waals surface area contributed by atoms with E-state index in [1.54, 1.807) is 35.2 Å². The topological polar surface area (TPSA) is 124 Å². The zero-order chi connectivity index (χ0) is 23.3. The lowest BCUT2D eigenvalue weighted by molar-refractivity contribution is 0.0126. The molecule has 0 aliphatic carbocycles. The van der Waals surface area contributed by atoms with Gasteiger partial charge in [-0.05, 0) is 51.1 Å². The third-order valence-corrected chi connectivity index (χ3v) is 4.80. The quantitative estimate of drug-likeness (QED) is 0.736. The fourth-order valence-corrected chi connectivity index (χ4v) is 3.27. The summed E-state index contributed by atoms with van der Waals surface area (Å²) in [5.41, 5.74) is 5.61. The lowest BCUT2D eigenvalue weighted by Gasteiger charge is -2.33. The molecule has 1 aliphatic heterocycles. The third kappa shape index (κ3) is 6.19. The zero-order valence-electron chi connectivity index (χ0n) is 18.5. The van der Waals surface area contributed by atoms with Crippen molar-refractivity contribution in [3.05, 3.63) is 53.9 Å². The number of hydrogen-bond donors (Lipinski definition) is 2. The van der Waals surface area contributed by atoms with Crippen molar-refractivity contribution in [3.63, 3.8) is 0 Å². The summed E-state index contributed by atoms with van der Waals surface area (Å²) in [6, 6.07) is 9.72. The average Bonchev–Trinajstić information content (AvgIpc) is 2.74. The number of nitrogens with zero attached hydrogens (tertiary/aromatic N) is 2. The number of hydrogen-bond acceptors (Lipinski definition) is 6. The van der Waals surface area contributed by atoms with E-state index in [0.29, 0.717) is 31.7 Å². The number of carbonyl (C=O) groups excluding carboxylic acids is 3. The highest BCUT2D eigenvalue weighted by molar-refractivity contribution is 6.08. The number of anilines is 1. The van der Waals surface area contributed by atoms with Gasteiger partial charge in [0.25, 0.3) is 11.8 Å². The van der Waals surface area contributed by atoms with Crippen LogP contribution in [0.15, 0.2) is 42.6 Å². The maximum atomic E-state index is 12.4. The van der Waals surface area contributed by atoms with Crippen LogP contribution >= 0.6 is 0 Å². The largest absolute Gasteiger partial charge is 0.490 e. The van der Waals surface area contributed by atoms with Crippen molar-refractivity contribution in [3.8, 4) is 5.75 Å².